The molecule has 1 spiro atoms. The summed E-state index contributed by atoms with van der Waals surface area (Å²) in [6.07, 6.45) is 7.93. The van der Waals surface area contributed by atoms with Crippen LogP contribution in [-0.4, -0.2) is 40.4 Å². The predicted octanol–water partition coefficient (Wildman–Crippen LogP) is 3.15. The highest BCUT2D eigenvalue weighted by Gasteiger charge is 2.44. The molecular weight excluding hydrogens is 336 g/mol. The van der Waals surface area contributed by atoms with Crippen molar-refractivity contribution >= 4 is 23.3 Å². The van der Waals surface area contributed by atoms with Crippen molar-refractivity contribution in [3.63, 3.8) is 0 Å². The number of hydrogen-bond acceptors (Lipinski definition) is 4. The van der Waals surface area contributed by atoms with Crippen molar-refractivity contribution in [3.8, 4) is 0 Å². The lowest BCUT2D eigenvalue weighted by atomic mass is 9.77. The number of likely N-dealkylation sites (tertiary alicyclic amines) is 1. The maximum absolute atomic E-state index is 12.5. The first-order valence-corrected chi connectivity index (χ1v) is 9.05. The molecule has 2 fully saturated rings. The van der Waals surface area contributed by atoms with Crippen molar-refractivity contribution < 1.29 is 4.79 Å². The Morgan fingerprint density at radius 3 is 2.56 bits per heavy atom. The number of carbonyl (C=O) groups is 1. The van der Waals surface area contributed by atoms with Crippen molar-refractivity contribution in [2.75, 3.05) is 24.5 Å². The second kappa shape index (κ2) is 6.64. The Morgan fingerprint density at radius 1 is 1.12 bits per heavy atom. The van der Waals surface area contributed by atoms with Gasteiger partial charge in [0.15, 0.2) is 0 Å². The molecule has 1 amide bonds. The number of carbonyl (C=O) groups excluding carboxylic acids is 1. The minimum atomic E-state index is 0.113. The molecule has 4 rings (SSSR count). The first-order chi connectivity index (χ1) is 12.1. The number of aromatic nitrogens is 2. The van der Waals surface area contributed by atoms with Crippen molar-refractivity contribution in [1.82, 2.24) is 14.9 Å². The number of rotatable bonds is 3. The summed E-state index contributed by atoms with van der Waals surface area (Å²) in [4.78, 5) is 25.3. The zero-order valence-corrected chi connectivity index (χ0v) is 14.8. The summed E-state index contributed by atoms with van der Waals surface area (Å²) in [5, 5.41) is 0.726. The molecule has 3 heterocycles. The fraction of sp³-hybridized carbons (Fsp3) is 0.421. The van der Waals surface area contributed by atoms with E-state index in [1.165, 1.54) is 0 Å². The van der Waals surface area contributed by atoms with E-state index in [4.69, 9.17) is 11.6 Å². The Bertz CT molecular complexity index is 742. The maximum atomic E-state index is 12.5. The monoisotopic (exact) mass is 356 g/mol. The van der Waals surface area contributed by atoms with Gasteiger partial charge in [-0.3, -0.25) is 9.78 Å². The van der Waals surface area contributed by atoms with Crippen LogP contribution in [0.5, 0.6) is 0 Å². The third-order valence-corrected chi connectivity index (χ3v) is 5.64. The molecular formula is C19H21ClN4O. The molecule has 130 valence electrons. The molecule has 2 saturated heterocycles. The predicted molar refractivity (Wildman–Crippen MR) is 97.4 cm³/mol. The minimum Gasteiger partial charge on any atom is -0.355 e. The van der Waals surface area contributed by atoms with Crippen LogP contribution in [0, 0.1) is 5.41 Å². The van der Waals surface area contributed by atoms with E-state index in [0.717, 1.165) is 48.9 Å². The van der Waals surface area contributed by atoms with Crippen LogP contribution in [-0.2, 0) is 11.3 Å². The van der Waals surface area contributed by atoms with Crippen molar-refractivity contribution in [2.45, 2.75) is 25.8 Å². The molecule has 2 aliphatic rings. The van der Waals surface area contributed by atoms with E-state index in [1.54, 1.807) is 12.4 Å². The number of benzene rings is 1. The van der Waals surface area contributed by atoms with E-state index in [-0.39, 0.29) is 11.3 Å². The average Bonchev–Trinajstić information content (AvgIpc) is 2.93. The lowest BCUT2D eigenvalue weighted by molar-refractivity contribution is -0.128. The van der Waals surface area contributed by atoms with Gasteiger partial charge >= 0.3 is 0 Å². The van der Waals surface area contributed by atoms with Crippen LogP contribution in [0.25, 0.3) is 0 Å². The van der Waals surface area contributed by atoms with E-state index in [9.17, 15) is 4.79 Å². The third-order valence-electron chi connectivity index (χ3n) is 5.39. The molecule has 0 bridgehead atoms. The van der Waals surface area contributed by atoms with Gasteiger partial charge in [0.2, 0.25) is 5.91 Å². The fourth-order valence-corrected chi connectivity index (χ4v) is 4.06. The zero-order chi connectivity index (χ0) is 17.3. The van der Waals surface area contributed by atoms with E-state index in [1.807, 2.05) is 35.4 Å². The Kier molecular flexibility index (Phi) is 4.34. The lowest BCUT2D eigenvalue weighted by Crippen LogP contribution is -2.42. The number of piperidine rings is 1. The van der Waals surface area contributed by atoms with Gasteiger partial charge in [-0.1, -0.05) is 23.7 Å². The van der Waals surface area contributed by atoms with Gasteiger partial charge in [0.05, 0.1) is 6.20 Å². The number of anilines is 1. The van der Waals surface area contributed by atoms with Gasteiger partial charge in [-0.05, 0) is 30.5 Å². The Hall–Kier alpha value is -2.14. The van der Waals surface area contributed by atoms with Crippen LogP contribution in [0.2, 0.25) is 5.02 Å². The Balaban J connectivity index is 1.39. The summed E-state index contributed by atoms with van der Waals surface area (Å²) in [7, 11) is 0. The quantitative estimate of drug-likeness (QED) is 0.847. The summed E-state index contributed by atoms with van der Waals surface area (Å²) in [6, 6.07) is 7.76. The van der Waals surface area contributed by atoms with Gasteiger partial charge in [-0.2, -0.15) is 0 Å². The molecule has 1 aromatic heterocycles. The normalized spacial score (nSPS) is 19.6. The number of nitrogens with zero attached hydrogens (tertiary/aromatic N) is 4. The van der Waals surface area contributed by atoms with E-state index in [0.29, 0.717) is 13.0 Å². The SMILES string of the molecule is O=C1CC2(CCN(c3cnccn3)CC2)CN1Cc1ccc(Cl)cc1. The molecule has 0 radical (unpaired) electrons. The summed E-state index contributed by atoms with van der Waals surface area (Å²) in [6.45, 7) is 3.38. The molecule has 25 heavy (non-hydrogen) atoms. The van der Waals surface area contributed by atoms with Gasteiger partial charge in [-0.15, -0.1) is 0 Å². The summed E-state index contributed by atoms with van der Waals surface area (Å²) in [5.41, 5.74) is 1.24. The Morgan fingerprint density at radius 2 is 1.88 bits per heavy atom. The average molecular weight is 357 g/mol. The fourth-order valence-electron chi connectivity index (χ4n) is 3.94. The Labute approximate surface area is 152 Å². The highest BCUT2D eigenvalue weighted by atomic mass is 35.5. The standard InChI is InChI=1S/C19H21ClN4O/c20-16-3-1-15(2-4-16)13-24-14-19(11-18(24)25)5-9-23(10-6-19)17-12-21-7-8-22-17/h1-4,7-8,12H,5-6,9-11,13-14H2. The van der Waals surface area contributed by atoms with Gasteiger partial charge in [-0.25, -0.2) is 4.98 Å². The van der Waals surface area contributed by atoms with Gasteiger partial charge in [0.25, 0.3) is 0 Å². The molecule has 0 unspecified atom stereocenters. The van der Waals surface area contributed by atoms with E-state index < -0.39 is 0 Å². The van der Waals surface area contributed by atoms with Crippen LogP contribution in [0.4, 0.5) is 5.82 Å². The molecule has 5 nitrogen and oxygen atoms in total. The maximum Gasteiger partial charge on any atom is 0.223 e. The van der Waals surface area contributed by atoms with E-state index in [2.05, 4.69) is 14.9 Å². The molecule has 2 aliphatic heterocycles. The van der Waals surface area contributed by atoms with Crippen LogP contribution in [0.1, 0.15) is 24.8 Å². The lowest BCUT2D eigenvalue weighted by Gasteiger charge is -2.39. The van der Waals surface area contributed by atoms with Crippen molar-refractivity contribution in [1.29, 1.82) is 0 Å². The molecule has 2 aromatic rings. The van der Waals surface area contributed by atoms with Crippen molar-refractivity contribution in [2.24, 2.45) is 5.41 Å². The van der Waals surface area contributed by atoms with Gasteiger partial charge in [0.1, 0.15) is 5.82 Å². The first-order valence-electron chi connectivity index (χ1n) is 8.67. The largest absolute Gasteiger partial charge is 0.355 e. The third kappa shape index (κ3) is 3.47. The molecule has 0 N–H and O–H groups in total. The first kappa shape index (κ1) is 16.3. The zero-order valence-electron chi connectivity index (χ0n) is 14.1. The smallest absolute Gasteiger partial charge is 0.223 e. The second-order valence-electron chi connectivity index (χ2n) is 7.10. The van der Waals surface area contributed by atoms with Gasteiger partial charge < -0.3 is 9.80 Å². The van der Waals surface area contributed by atoms with Crippen LogP contribution in [0.15, 0.2) is 42.9 Å². The molecule has 0 saturated carbocycles. The number of amides is 1. The van der Waals surface area contributed by atoms with Crippen molar-refractivity contribution in [3.05, 3.63) is 53.4 Å². The van der Waals surface area contributed by atoms with Crippen LogP contribution in [0.3, 0.4) is 0 Å². The highest BCUT2D eigenvalue weighted by Crippen LogP contribution is 2.42. The van der Waals surface area contributed by atoms with Crippen LogP contribution >= 0.6 is 11.6 Å². The topological polar surface area (TPSA) is 49.3 Å². The molecule has 0 atom stereocenters. The van der Waals surface area contributed by atoms with Crippen LogP contribution < -0.4 is 4.90 Å². The summed E-state index contributed by atoms with van der Waals surface area (Å²) >= 11 is 5.94. The highest BCUT2D eigenvalue weighted by molar-refractivity contribution is 6.30. The van der Waals surface area contributed by atoms with E-state index >= 15 is 0 Å². The second-order valence-corrected chi connectivity index (χ2v) is 7.54. The molecule has 0 aliphatic carbocycles. The van der Waals surface area contributed by atoms with Gasteiger partial charge in [0, 0.05) is 55.4 Å². The summed E-state index contributed by atoms with van der Waals surface area (Å²) < 4.78 is 0. The molecule has 6 heteroatoms. The number of hydrogen-bond donors (Lipinski definition) is 0. The summed E-state index contributed by atoms with van der Waals surface area (Å²) in [5.74, 6) is 1.20. The number of halogens is 1. The molecule has 1 aromatic carbocycles. The minimum absolute atomic E-state index is 0.113.